The normalized spacial score (nSPS) is 31.1. The largest absolute Gasteiger partial charge is 0.396 e. The molecule has 3 amide bonds. The van der Waals surface area contributed by atoms with Crippen molar-refractivity contribution < 1.29 is 24.2 Å². The van der Waals surface area contributed by atoms with Crippen LogP contribution < -0.4 is 0 Å². The number of likely N-dealkylation sites (tertiary alicyclic amines) is 1. The third-order valence-electron chi connectivity index (χ3n) is 7.98. The Morgan fingerprint density at radius 1 is 1.08 bits per heavy atom. The van der Waals surface area contributed by atoms with Gasteiger partial charge < -0.3 is 24.5 Å². The van der Waals surface area contributed by atoms with E-state index in [-0.39, 0.29) is 31.0 Å². The summed E-state index contributed by atoms with van der Waals surface area (Å²) < 4.78 is 8.25. The van der Waals surface area contributed by atoms with Crippen LogP contribution in [-0.2, 0) is 25.8 Å². The smallest absolute Gasteiger partial charge is 0.250 e. The molecule has 5 atom stereocenters. The van der Waals surface area contributed by atoms with Gasteiger partial charge in [-0.25, -0.2) is 4.68 Å². The van der Waals surface area contributed by atoms with Crippen LogP contribution in [0.1, 0.15) is 12.8 Å². The number of hydrogen-bond acceptors (Lipinski definition) is 7. The van der Waals surface area contributed by atoms with Crippen molar-refractivity contribution in [1.29, 1.82) is 0 Å². The van der Waals surface area contributed by atoms with E-state index in [1.165, 1.54) is 0 Å². The molecule has 0 saturated carbocycles. The number of para-hydroxylation sites is 1. The molecule has 2 saturated heterocycles. The summed E-state index contributed by atoms with van der Waals surface area (Å²) in [4.78, 5) is 46.4. The molecule has 1 spiro atoms. The summed E-state index contributed by atoms with van der Waals surface area (Å²) in [5, 5.41) is 17.8. The fourth-order valence-electron chi connectivity index (χ4n) is 6.25. The lowest BCUT2D eigenvalue weighted by molar-refractivity contribution is -0.149. The first-order valence-electron chi connectivity index (χ1n) is 12.7. The Bertz CT molecular complexity index is 1310. The first kappa shape index (κ1) is 23.8. The van der Waals surface area contributed by atoms with Gasteiger partial charge in [0.25, 0.3) is 5.91 Å². The van der Waals surface area contributed by atoms with Crippen molar-refractivity contribution in [2.24, 2.45) is 11.8 Å². The lowest BCUT2D eigenvalue weighted by atomic mass is 9.77. The lowest BCUT2D eigenvalue weighted by Gasteiger charge is -2.35. The van der Waals surface area contributed by atoms with Crippen LogP contribution in [-0.4, -0.2) is 104 Å². The van der Waals surface area contributed by atoms with Crippen molar-refractivity contribution in [3.8, 4) is 0 Å². The van der Waals surface area contributed by atoms with E-state index >= 15 is 0 Å². The Labute approximate surface area is 213 Å². The number of nitrogens with zero attached hydrogens (tertiary/aromatic N) is 6. The molecule has 0 aliphatic carbocycles. The second-order valence-electron chi connectivity index (χ2n) is 10.1. The number of aromatic nitrogens is 3. The average molecular weight is 507 g/mol. The number of aliphatic hydroxyl groups is 1. The van der Waals surface area contributed by atoms with Gasteiger partial charge in [0.05, 0.1) is 23.5 Å². The molecule has 1 unspecified atom stereocenters. The Kier molecular flexibility index (Phi) is 5.84. The summed E-state index contributed by atoms with van der Waals surface area (Å²) in [6.07, 6.45) is 7.87. The molecule has 11 heteroatoms. The number of likely N-dealkylation sites (N-methyl/N-ethyl adjacent to an activating group) is 1. The molecule has 11 nitrogen and oxygen atoms in total. The Morgan fingerprint density at radius 3 is 2.76 bits per heavy atom. The fraction of sp³-hybridized carbons (Fsp3) is 0.500. The molecule has 194 valence electrons. The zero-order valence-electron chi connectivity index (χ0n) is 20.6. The molecule has 1 aromatic heterocycles. The van der Waals surface area contributed by atoms with E-state index in [0.717, 1.165) is 11.0 Å². The predicted molar refractivity (Wildman–Crippen MR) is 132 cm³/mol. The Balaban J connectivity index is 1.39. The molecule has 2 fully saturated rings. The highest BCUT2D eigenvalue weighted by molar-refractivity contribution is 5.99. The van der Waals surface area contributed by atoms with Gasteiger partial charge >= 0.3 is 0 Å². The van der Waals surface area contributed by atoms with Crippen LogP contribution in [0, 0.1) is 11.8 Å². The highest BCUT2D eigenvalue weighted by Gasteiger charge is 2.71. The number of fused-ring (bicyclic) bond motifs is 3. The second-order valence-corrected chi connectivity index (χ2v) is 10.1. The first-order chi connectivity index (χ1) is 18.0. The minimum atomic E-state index is -1.25. The molecule has 6 rings (SSSR count). The number of aliphatic hydroxyl groups excluding tert-OH is 1. The molecular formula is C26H30N6O5. The molecule has 5 heterocycles. The van der Waals surface area contributed by atoms with Crippen LogP contribution >= 0.6 is 0 Å². The van der Waals surface area contributed by atoms with Crippen LogP contribution in [0.5, 0.6) is 0 Å². The number of benzene rings is 1. The standard InChI is InChI=1S/C26H30N6O5/c1-29-12-6-10-19-20(23(29)34)21-24(35)31(14-4-5-15-33)22-25(36)30(13-7-11-26(21,22)37-19)16-32-18-9-3-2-8-17(18)27-28-32/h2-3,6-11,19-22,33H,4-5,12-16H2,1H3/t19-,20+,21-,22?,26-/m0/s1. The summed E-state index contributed by atoms with van der Waals surface area (Å²) in [6.45, 7) is 1.20. The Hall–Kier alpha value is -3.57. The number of rotatable bonds is 6. The molecule has 1 N–H and O–H groups in total. The van der Waals surface area contributed by atoms with Gasteiger partial charge in [-0.2, -0.15) is 0 Å². The number of ether oxygens (including phenoxy) is 1. The topological polar surface area (TPSA) is 121 Å². The molecular weight excluding hydrogens is 476 g/mol. The van der Waals surface area contributed by atoms with Gasteiger partial charge in [-0.1, -0.05) is 41.7 Å². The van der Waals surface area contributed by atoms with Crippen LogP contribution in [0.4, 0.5) is 0 Å². The van der Waals surface area contributed by atoms with Gasteiger partial charge in [-0.3, -0.25) is 14.4 Å². The zero-order chi connectivity index (χ0) is 25.7. The first-order valence-corrected chi connectivity index (χ1v) is 12.7. The van der Waals surface area contributed by atoms with Gasteiger partial charge in [0.2, 0.25) is 11.8 Å². The van der Waals surface area contributed by atoms with E-state index < -0.39 is 29.6 Å². The molecule has 2 aromatic rings. The van der Waals surface area contributed by atoms with Crippen LogP contribution in [0.3, 0.4) is 0 Å². The number of carbonyl (C=O) groups excluding carboxylic acids is 3. The summed E-state index contributed by atoms with van der Waals surface area (Å²) in [5.74, 6) is -2.17. The molecule has 0 radical (unpaired) electrons. The summed E-state index contributed by atoms with van der Waals surface area (Å²) in [6, 6.07) is 6.61. The van der Waals surface area contributed by atoms with E-state index in [0.29, 0.717) is 32.5 Å². The van der Waals surface area contributed by atoms with Crippen LogP contribution in [0.2, 0.25) is 0 Å². The number of carbonyl (C=O) groups is 3. The third kappa shape index (κ3) is 3.59. The van der Waals surface area contributed by atoms with Crippen molar-refractivity contribution in [3.63, 3.8) is 0 Å². The average Bonchev–Trinajstić information content (AvgIpc) is 3.45. The van der Waals surface area contributed by atoms with Crippen LogP contribution in [0.15, 0.2) is 48.6 Å². The summed E-state index contributed by atoms with van der Waals surface area (Å²) in [5.41, 5.74) is 0.281. The Morgan fingerprint density at radius 2 is 1.92 bits per heavy atom. The maximum absolute atomic E-state index is 14.2. The fourth-order valence-corrected chi connectivity index (χ4v) is 6.25. The monoisotopic (exact) mass is 506 g/mol. The van der Waals surface area contributed by atoms with Crippen molar-refractivity contribution in [1.82, 2.24) is 29.7 Å². The zero-order valence-corrected chi connectivity index (χ0v) is 20.6. The van der Waals surface area contributed by atoms with Crippen molar-refractivity contribution in [3.05, 3.63) is 48.6 Å². The van der Waals surface area contributed by atoms with Crippen molar-refractivity contribution in [2.75, 3.05) is 33.3 Å². The SMILES string of the molecule is CN1CC=C[C@@H]2O[C@]34C=CCN(Cn5nnc6ccccc65)C(=O)C3N(CCCCO)C(=O)[C@@H]4[C@@H]2C1=O. The van der Waals surface area contributed by atoms with Crippen LogP contribution in [0.25, 0.3) is 11.0 Å². The van der Waals surface area contributed by atoms with Gasteiger partial charge in [0, 0.05) is 33.3 Å². The van der Waals surface area contributed by atoms with Gasteiger partial charge in [0.1, 0.15) is 23.8 Å². The van der Waals surface area contributed by atoms with Crippen molar-refractivity contribution >= 4 is 28.8 Å². The van der Waals surface area contributed by atoms with E-state index in [2.05, 4.69) is 10.3 Å². The van der Waals surface area contributed by atoms with Crippen molar-refractivity contribution in [2.45, 2.75) is 37.3 Å². The quantitative estimate of drug-likeness (QED) is 0.438. The minimum absolute atomic E-state index is 0.00408. The lowest BCUT2D eigenvalue weighted by Crippen LogP contribution is -2.55. The minimum Gasteiger partial charge on any atom is -0.396 e. The molecule has 0 bridgehead atoms. The molecule has 37 heavy (non-hydrogen) atoms. The van der Waals surface area contributed by atoms with E-state index in [1.54, 1.807) is 26.4 Å². The molecule has 1 aromatic carbocycles. The van der Waals surface area contributed by atoms with E-state index in [4.69, 9.17) is 4.74 Å². The summed E-state index contributed by atoms with van der Waals surface area (Å²) >= 11 is 0. The van der Waals surface area contributed by atoms with Gasteiger partial charge in [-0.05, 0) is 25.0 Å². The predicted octanol–water partition coefficient (Wildman–Crippen LogP) is 0.169. The highest BCUT2D eigenvalue weighted by Crippen LogP contribution is 2.53. The maximum atomic E-state index is 14.2. The van der Waals surface area contributed by atoms with Gasteiger partial charge in [0.15, 0.2) is 0 Å². The summed E-state index contributed by atoms with van der Waals surface area (Å²) in [7, 11) is 1.72. The maximum Gasteiger partial charge on any atom is 0.250 e. The molecule has 4 aliphatic heterocycles. The number of amides is 3. The third-order valence-corrected chi connectivity index (χ3v) is 7.98. The van der Waals surface area contributed by atoms with Gasteiger partial charge in [-0.15, -0.1) is 5.10 Å². The highest BCUT2D eigenvalue weighted by atomic mass is 16.5. The number of hydrogen-bond donors (Lipinski definition) is 1. The molecule has 4 aliphatic rings. The number of unbranched alkanes of at least 4 members (excludes halogenated alkanes) is 1. The van der Waals surface area contributed by atoms with E-state index in [9.17, 15) is 19.5 Å². The second kappa shape index (κ2) is 9.07. The van der Waals surface area contributed by atoms with E-state index in [1.807, 2.05) is 48.6 Å².